The Morgan fingerprint density at radius 2 is 1.96 bits per heavy atom. The smallest absolute Gasteiger partial charge is 0.393 e. The predicted molar refractivity (Wildman–Crippen MR) is 198 cm³/mol. The van der Waals surface area contributed by atoms with Crippen LogP contribution in [0.5, 0.6) is 5.75 Å². The molecule has 0 unspecified atom stereocenters. The maximum Gasteiger partial charge on any atom is 0.393 e. The van der Waals surface area contributed by atoms with E-state index in [1.165, 1.54) is 7.11 Å². The van der Waals surface area contributed by atoms with Gasteiger partial charge >= 0.3 is 6.18 Å². The number of nitrogens with zero attached hydrogens (tertiary/aromatic N) is 1. The zero-order chi connectivity index (χ0) is 38.3. The highest BCUT2D eigenvalue weighted by molar-refractivity contribution is 7.90. The third-order valence-electron chi connectivity index (χ3n) is 12.2. The fourth-order valence-electron chi connectivity index (χ4n) is 8.53. The Morgan fingerprint density at radius 1 is 1.19 bits per heavy atom. The zero-order valence-electron chi connectivity index (χ0n) is 30.6. The molecular formula is C39H49ClF3N3O6S. The molecule has 0 saturated heterocycles. The van der Waals surface area contributed by atoms with E-state index in [1.807, 2.05) is 12.1 Å². The molecule has 2 aliphatic carbocycles. The number of alkyl halides is 3. The number of hydrogen-bond donors (Lipinski definition) is 2. The Bertz CT molecular complexity index is 1860. The second-order valence-corrected chi connectivity index (χ2v) is 18.1. The molecule has 6 rings (SSSR count). The first-order valence-corrected chi connectivity index (χ1v) is 20.3. The number of carbonyl (C=O) groups excluding carboxylic acids is 2. The summed E-state index contributed by atoms with van der Waals surface area (Å²) in [5, 5.41) is 2.19. The minimum absolute atomic E-state index is 0.000101. The second kappa shape index (κ2) is 15.1. The van der Waals surface area contributed by atoms with Gasteiger partial charge in [0, 0.05) is 42.7 Å². The van der Waals surface area contributed by atoms with Crippen molar-refractivity contribution in [3.63, 3.8) is 0 Å². The standard InChI is InChI=1S/C39H49ClF3N3O6S/c1-24-7-5-16-38(51-4,19-35(47)44-20-25(2)39(41,42)43)32-12-9-29(32)21-46-22-37(15-6-8-27-17-30(40)11-13-31(27)37)23-52-34-14-10-28(18-33(34)46)36(48)45-53(49,50)26(24)3/h5,10-11,13-14,16-18,24-26,29,32H,6-9,12,15,19-23H2,1-4H3,(H,44,47)(H,45,48)/b16-5+/t24-,25+,26+,29-,32+,37-,38+/m0/s1. The number of amides is 2. The van der Waals surface area contributed by atoms with Crippen LogP contribution in [0.25, 0.3) is 0 Å². The Morgan fingerprint density at radius 3 is 2.66 bits per heavy atom. The molecule has 2 aliphatic heterocycles. The van der Waals surface area contributed by atoms with E-state index in [0.29, 0.717) is 49.0 Å². The minimum atomic E-state index is -4.45. The van der Waals surface area contributed by atoms with E-state index in [0.717, 1.165) is 43.7 Å². The largest absolute Gasteiger partial charge is 0.490 e. The molecule has 290 valence electrons. The summed E-state index contributed by atoms with van der Waals surface area (Å²) in [6.07, 6.45) is 3.43. The van der Waals surface area contributed by atoms with Crippen LogP contribution in [0.3, 0.4) is 0 Å². The van der Waals surface area contributed by atoms with Crippen LogP contribution < -0.4 is 19.7 Å². The Hall–Kier alpha value is -3.29. The van der Waals surface area contributed by atoms with E-state index in [1.54, 1.807) is 44.2 Å². The highest BCUT2D eigenvalue weighted by Gasteiger charge is 2.50. The maximum absolute atomic E-state index is 13.6. The molecule has 1 fully saturated rings. The van der Waals surface area contributed by atoms with E-state index in [2.05, 4.69) is 21.0 Å². The third kappa shape index (κ3) is 8.08. The molecule has 14 heteroatoms. The predicted octanol–water partition coefficient (Wildman–Crippen LogP) is 6.97. The van der Waals surface area contributed by atoms with Crippen molar-refractivity contribution in [2.75, 3.05) is 38.3 Å². The van der Waals surface area contributed by atoms with Gasteiger partial charge < -0.3 is 19.7 Å². The van der Waals surface area contributed by atoms with Crippen molar-refractivity contribution >= 4 is 39.1 Å². The number of benzene rings is 2. The highest BCUT2D eigenvalue weighted by Crippen LogP contribution is 2.50. The number of sulfonamides is 1. The molecule has 2 N–H and O–H groups in total. The van der Waals surface area contributed by atoms with Gasteiger partial charge in [0.15, 0.2) is 0 Å². The van der Waals surface area contributed by atoms with E-state index in [-0.39, 0.29) is 23.8 Å². The molecule has 7 atom stereocenters. The molecule has 2 bridgehead atoms. The lowest BCUT2D eigenvalue weighted by Crippen LogP contribution is -2.54. The Labute approximate surface area is 315 Å². The fraction of sp³-hybridized carbons (Fsp3) is 0.590. The number of allylic oxidation sites excluding steroid dienone is 1. The van der Waals surface area contributed by atoms with Gasteiger partial charge in [0.2, 0.25) is 15.9 Å². The van der Waals surface area contributed by atoms with Crippen molar-refractivity contribution in [1.29, 1.82) is 0 Å². The topological polar surface area (TPSA) is 114 Å². The van der Waals surface area contributed by atoms with Crippen LogP contribution in [0.1, 0.15) is 80.8 Å². The molecule has 2 heterocycles. The third-order valence-corrected chi connectivity index (χ3v) is 14.4. The number of aryl methyl sites for hydroxylation is 1. The highest BCUT2D eigenvalue weighted by atomic mass is 35.5. The summed E-state index contributed by atoms with van der Waals surface area (Å²) in [5.74, 6) is -3.06. The monoisotopic (exact) mass is 779 g/mol. The SMILES string of the molecule is CO[C@@]1(CC(=O)NC[C@@H](C)C(F)(F)F)/C=C/C[C@H](C)[C@@H](C)S(=O)(=O)NC(=O)c2ccc3c(c2)N(C[C@@H]2CC[C@H]21)C[C@@]1(CCCc2cc(Cl)ccc21)CO3. The van der Waals surface area contributed by atoms with Crippen molar-refractivity contribution in [2.24, 2.45) is 23.7 Å². The van der Waals surface area contributed by atoms with Crippen LogP contribution in [-0.4, -0.2) is 70.6 Å². The van der Waals surface area contributed by atoms with Gasteiger partial charge in [-0.3, -0.25) is 9.59 Å². The maximum atomic E-state index is 13.6. The second-order valence-electron chi connectivity index (χ2n) is 15.6. The molecule has 2 amide bonds. The number of ether oxygens (including phenoxy) is 2. The number of carbonyl (C=O) groups is 2. The molecule has 2 aromatic rings. The van der Waals surface area contributed by atoms with Gasteiger partial charge in [0.05, 0.1) is 35.5 Å². The first-order chi connectivity index (χ1) is 25.0. The van der Waals surface area contributed by atoms with Gasteiger partial charge in [-0.25, -0.2) is 13.1 Å². The minimum Gasteiger partial charge on any atom is -0.490 e. The first kappa shape index (κ1) is 39.4. The molecule has 2 aromatic carbocycles. The summed E-state index contributed by atoms with van der Waals surface area (Å²) in [7, 11) is -2.59. The van der Waals surface area contributed by atoms with Crippen molar-refractivity contribution in [1.82, 2.24) is 10.0 Å². The average Bonchev–Trinajstić information content (AvgIpc) is 3.24. The van der Waals surface area contributed by atoms with E-state index in [4.69, 9.17) is 21.1 Å². The molecule has 4 aliphatic rings. The van der Waals surface area contributed by atoms with Crippen molar-refractivity contribution in [2.45, 2.75) is 88.2 Å². The summed E-state index contributed by atoms with van der Waals surface area (Å²) in [6, 6.07) is 11.0. The lowest BCUT2D eigenvalue weighted by atomic mass is 9.62. The molecule has 1 spiro atoms. The lowest BCUT2D eigenvalue weighted by molar-refractivity contribution is -0.169. The number of nitrogens with one attached hydrogen (secondary N) is 2. The van der Waals surface area contributed by atoms with Gasteiger partial charge in [-0.2, -0.15) is 13.2 Å². The summed E-state index contributed by atoms with van der Waals surface area (Å²) >= 11 is 6.43. The van der Waals surface area contributed by atoms with Gasteiger partial charge in [-0.05, 0) is 105 Å². The molecule has 0 radical (unpaired) electrons. The van der Waals surface area contributed by atoms with Gasteiger partial charge in [-0.15, -0.1) is 0 Å². The number of methoxy groups -OCH3 is 1. The van der Waals surface area contributed by atoms with E-state index < -0.39 is 62.7 Å². The number of rotatable bonds is 5. The molecular weight excluding hydrogens is 731 g/mol. The zero-order valence-corrected chi connectivity index (χ0v) is 32.2. The quantitative estimate of drug-likeness (QED) is 0.315. The van der Waals surface area contributed by atoms with Crippen LogP contribution in [0.15, 0.2) is 48.6 Å². The van der Waals surface area contributed by atoms with Gasteiger partial charge in [0.25, 0.3) is 5.91 Å². The van der Waals surface area contributed by atoms with Crippen molar-refractivity contribution in [3.8, 4) is 5.75 Å². The summed E-state index contributed by atoms with van der Waals surface area (Å²) in [6.45, 7) is 5.21. The Kier molecular flexibility index (Phi) is 11.2. The molecule has 0 aromatic heterocycles. The summed E-state index contributed by atoms with van der Waals surface area (Å²) < 4.78 is 81.9. The number of halogens is 4. The summed E-state index contributed by atoms with van der Waals surface area (Å²) in [4.78, 5) is 29.2. The van der Waals surface area contributed by atoms with Crippen LogP contribution in [0.2, 0.25) is 5.02 Å². The van der Waals surface area contributed by atoms with Gasteiger partial charge in [-0.1, -0.05) is 43.7 Å². The number of anilines is 1. The number of fused-ring (bicyclic) bond motifs is 4. The molecule has 9 nitrogen and oxygen atoms in total. The normalized spacial score (nSPS) is 31.1. The van der Waals surface area contributed by atoms with Crippen molar-refractivity contribution < 1.29 is 40.7 Å². The van der Waals surface area contributed by atoms with Gasteiger partial charge in [0.1, 0.15) is 5.75 Å². The van der Waals surface area contributed by atoms with Crippen LogP contribution in [-0.2, 0) is 31.4 Å². The molecule has 1 saturated carbocycles. The number of hydrogen-bond acceptors (Lipinski definition) is 7. The van der Waals surface area contributed by atoms with Crippen LogP contribution >= 0.6 is 11.6 Å². The average molecular weight is 780 g/mol. The van der Waals surface area contributed by atoms with E-state index >= 15 is 0 Å². The lowest BCUT2D eigenvalue weighted by Gasteiger charge is -2.50. The van der Waals surface area contributed by atoms with Crippen molar-refractivity contribution in [3.05, 3.63) is 70.3 Å². The molecule has 53 heavy (non-hydrogen) atoms. The van der Waals surface area contributed by atoms with E-state index in [9.17, 15) is 31.2 Å². The first-order valence-electron chi connectivity index (χ1n) is 18.4. The van der Waals surface area contributed by atoms with Crippen LogP contribution in [0, 0.1) is 23.7 Å². The summed E-state index contributed by atoms with van der Waals surface area (Å²) in [5.41, 5.74) is 1.58. The van der Waals surface area contributed by atoms with Crippen LogP contribution in [0.4, 0.5) is 18.9 Å². The Balaban J connectivity index is 1.41. The fourth-order valence-corrected chi connectivity index (χ4v) is 10.0.